The van der Waals surface area contributed by atoms with Crippen LogP contribution in [0.2, 0.25) is 0 Å². The predicted molar refractivity (Wildman–Crippen MR) is 123 cm³/mol. The van der Waals surface area contributed by atoms with Gasteiger partial charge in [-0.1, -0.05) is 12.1 Å². The fourth-order valence-electron chi connectivity index (χ4n) is 7.20. The molecule has 4 fully saturated rings. The molecule has 1 heterocycles. The van der Waals surface area contributed by atoms with E-state index in [2.05, 4.69) is 10.3 Å². The summed E-state index contributed by atoms with van der Waals surface area (Å²) in [6, 6.07) is 9.82. The van der Waals surface area contributed by atoms with E-state index in [-0.39, 0.29) is 23.2 Å². The van der Waals surface area contributed by atoms with Gasteiger partial charge in [-0.2, -0.15) is 0 Å². The van der Waals surface area contributed by atoms with Crippen LogP contribution in [0.4, 0.5) is 4.39 Å². The summed E-state index contributed by atoms with van der Waals surface area (Å²) in [7, 11) is 0. The molecule has 0 spiro atoms. The molecule has 0 aliphatic heterocycles. The lowest BCUT2D eigenvalue weighted by Gasteiger charge is -2.60. The van der Waals surface area contributed by atoms with Crippen molar-refractivity contribution in [3.8, 4) is 0 Å². The Morgan fingerprint density at radius 3 is 2.36 bits per heavy atom. The van der Waals surface area contributed by atoms with Crippen LogP contribution in [0, 0.1) is 34.9 Å². The van der Waals surface area contributed by atoms with Crippen LogP contribution in [0.3, 0.4) is 0 Å². The van der Waals surface area contributed by atoms with E-state index in [1.54, 1.807) is 24.5 Å². The second-order valence-electron chi connectivity index (χ2n) is 10.6. The van der Waals surface area contributed by atoms with E-state index in [0.29, 0.717) is 48.8 Å². The van der Waals surface area contributed by atoms with Crippen LogP contribution in [0.5, 0.6) is 0 Å². The number of nitrogens with zero attached hydrogens (tertiary/aromatic N) is 1. The van der Waals surface area contributed by atoms with Gasteiger partial charge in [0, 0.05) is 43.2 Å². The van der Waals surface area contributed by atoms with Crippen LogP contribution in [0.15, 0.2) is 48.8 Å². The molecule has 0 radical (unpaired) electrons. The number of carbonyl (C=O) groups excluding carboxylic acids is 2. The first-order valence-electron chi connectivity index (χ1n) is 12.1. The van der Waals surface area contributed by atoms with E-state index >= 15 is 0 Å². The summed E-state index contributed by atoms with van der Waals surface area (Å²) in [6.07, 6.45) is 9.39. The lowest BCUT2D eigenvalue weighted by Crippen LogP contribution is -2.58. The predicted octanol–water partition coefficient (Wildman–Crippen LogP) is 3.81. The first-order chi connectivity index (χ1) is 15.9. The maximum absolute atomic E-state index is 13.4. The highest BCUT2D eigenvalue weighted by Crippen LogP contribution is 2.63. The van der Waals surface area contributed by atoms with Gasteiger partial charge in [0.1, 0.15) is 11.6 Å². The van der Waals surface area contributed by atoms with Crippen LogP contribution in [0.1, 0.15) is 49.7 Å². The van der Waals surface area contributed by atoms with Crippen LogP contribution >= 0.6 is 0 Å². The minimum absolute atomic E-state index is 0.0656. The summed E-state index contributed by atoms with van der Waals surface area (Å²) in [5.41, 5.74) is 8.32. The molecule has 6 rings (SSSR count). The molecule has 33 heavy (non-hydrogen) atoms. The average molecular weight is 450 g/mol. The van der Waals surface area contributed by atoms with Gasteiger partial charge >= 0.3 is 0 Å². The van der Waals surface area contributed by atoms with Crippen molar-refractivity contribution >= 4 is 11.7 Å². The Labute approximate surface area is 194 Å². The number of nitrogens with one attached hydrogen (secondary N) is 1. The van der Waals surface area contributed by atoms with E-state index in [1.807, 2.05) is 12.1 Å². The minimum atomic E-state index is -0.286. The fraction of sp³-hybridized carbons (Fsp3) is 0.519. The number of aromatic nitrogens is 1. The standard InChI is InChI=1S/C27H32FN3O2/c28-22-3-1-18(2-4-22)16-31-25(33)12-23(29)26-20-9-19-10-21(26)15-27(13-19,14-20)24(32)11-17-5-7-30-8-6-17/h1-8,19-21,23,26H,9-16,29H2,(H,31,33). The Hall–Kier alpha value is -2.60. The van der Waals surface area contributed by atoms with Gasteiger partial charge in [-0.25, -0.2) is 4.39 Å². The number of rotatable bonds is 8. The number of halogens is 1. The molecule has 3 atom stereocenters. The van der Waals surface area contributed by atoms with Crippen LogP contribution in [0.25, 0.3) is 0 Å². The SMILES string of the molecule is NC(CC(=O)NCc1ccc(F)cc1)C1C2CC3CC1CC(C(=O)Cc1ccncc1)(C3)C2. The van der Waals surface area contributed by atoms with Crippen molar-refractivity contribution in [3.05, 3.63) is 65.7 Å². The van der Waals surface area contributed by atoms with Crippen molar-refractivity contribution in [2.75, 3.05) is 0 Å². The Balaban J connectivity index is 1.20. The van der Waals surface area contributed by atoms with Gasteiger partial charge in [0.05, 0.1) is 0 Å². The molecule has 174 valence electrons. The normalized spacial score (nSPS) is 30.7. The van der Waals surface area contributed by atoms with Crippen molar-refractivity contribution in [2.24, 2.45) is 34.8 Å². The summed E-state index contributed by atoms with van der Waals surface area (Å²) in [4.78, 5) is 30.1. The molecule has 1 aromatic heterocycles. The van der Waals surface area contributed by atoms with Gasteiger partial charge < -0.3 is 11.1 Å². The fourth-order valence-corrected chi connectivity index (χ4v) is 7.20. The molecule has 5 nitrogen and oxygen atoms in total. The number of benzene rings is 1. The highest BCUT2D eigenvalue weighted by atomic mass is 19.1. The van der Waals surface area contributed by atoms with E-state index < -0.39 is 0 Å². The lowest BCUT2D eigenvalue weighted by atomic mass is 9.44. The number of pyridine rings is 1. The summed E-state index contributed by atoms with van der Waals surface area (Å²) in [5, 5.41) is 2.92. The number of hydrogen-bond donors (Lipinski definition) is 2. The molecule has 0 saturated heterocycles. The van der Waals surface area contributed by atoms with Gasteiger partial charge in [-0.05, 0) is 91.2 Å². The smallest absolute Gasteiger partial charge is 0.221 e. The quantitative estimate of drug-likeness (QED) is 0.642. The Bertz CT molecular complexity index is 994. The Kier molecular flexibility index (Phi) is 6.04. The maximum atomic E-state index is 13.4. The summed E-state index contributed by atoms with van der Waals surface area (Å²) < 4.78 is 13.1. The van der Waals surface area contributed by atoms with Crippen LogP contribution in [-0.4, -0.2) is 22.7 Å². The monoisotopic (exact) mass is 449 g/mol. The zero-order chi connectivity index (χ0) is 23.0. The highest BCUT2D eigenvalue weighted by Gasteiger charge is 2.58. The van der Waals surface area contributed by atoms with Crippen LogP contribution < -0.4 is 11.1 Å². The number of carbonyl (C=O) groups is 2. The highest BCUT2D eigenvalue weighted by molar-refractivity contribution is 5.87. The van der Waals surface area contributed by atoms with E-state index in [4.69, 9.17) is 5.73 Å². The van der Waals surface area contributed by atoms with Gasteiger partial charge in [-0.3, -0.25) is 14.6 Å². The molecule has 4 aliphatic carbocycles. The maximum Gasteiger partial charge on any atom is 0.221 e. The van der Waals surface area contributed by atoms with Crippen molar-refractivity contribution in [2.45, 2.75) is 57.5 Å². The van der Waals surface area contributed by atoms with Gasteiger partial charge in [-0.15, -0.1) is 0 Å². The number of Topliss-reactive ketones (excluding diaryl/α,β-unsaturated/α-hetero) is 1. The van der Waals surface area contributed by atoms with Crippen LogP contribution in [-0.2, 0) is 22.6 Å². The third-order valence-corrected chi connectivity index (χ3v) is 8.37. The molecule has 4 saturated carbocycles. The number of hydrogen-bond acceptors (Lipinski definition) is 4. The van der Waals surface area contributed by atoms with E-state index in [1.165, 1.54) is 12.1 Å². The first kappa shape index (κ1) is 22.2. The topological polar surface area (TPSA) is 85.1 Å². The largest absolute Gasteiger partial charge is 0.352 e. The molecule has 3 N–H and O–H groups in total. The first-order valence-corrected chi connectivity index (χ1v) is 12.1. The number of amides is 1. The van der Waals surface area contributed by atoms with Crippen molar-refractivity contribution in [1.82, 2.24) is 10.3 Å². The third kappa shape index (κ3) is 4.58. The van der Waals surface area contributed by atoms with Gasteiger partial charge in [0.15, 0.2) is 0 Å². The number of nitrogens with two attached hydrogens (primary N) is 1. The molecule has 4 bridgehead atoms. The third-order valence-electron chi connectivity index (χ3n) is 8.37. The second-order valence-corrected chi connectivity index (χ2v) is 10.6. The molecule has 1 aromatic carbocycles. The zero-order valence-corrected chi connectivity index (χ0v) is 18.9. The molecule has 3 unspecified atom stereocenters. The molecular weight excluding hydrogens is 417 g/mol. The van der Waals surface area contributed by atoms with Crippen molar-refractivity contribution < 1.29 is 14.0 Å². The summed E-state index contributed by atoms with van der Waals surface area (Å²) in [5.74, 6) is 1.79. The van der Waals surface area contributed by atoms with Gasteiger partial charge in [0.25, 0.3) is 0 Å². The zero-order valence-electron chi connectivity index (χ0n) is 18.9. The molecular formula is C27H32FN3O2. The lowest BCUT2D eigenvalue weighted by molar-refractivity contribution is -0.152. The number of ketones is 1. The average Bonchev–Trinajstić information content (AvgIpc) is 2.78. The van der Waals surface area contributed by atoms with E-state index in [0.717, 1.165) is 43.2 Å². The Morgan fingerprint density at radius 1 is 1.03 bits per heavy atom. The van der Waals surface area contributed by atoms with Gasteiger partial charge in [0.2, 0.25) is 5.91 Å². The molecule has 4 aliphatic rings. The summed E-state index contributed by atoms with van der Waals surface area (Å²) in [6.45, 7) is 0.373. The van der Waals surface area contributed by atoms with Crippen molar-refractivity contribution in [1.29, 1.82) is 0 Å². The van der Waals surface area contributed by atoms with E-state index in [9.17, 15) is 14.0 Å². The molecule has 2 aromatic rings. The van der Waals surface area contributed by atoms with Crippen molar-refractivity contribution in [3.63, 3.8) is 0 Å². The molecule has 1 amide bonds. The Morgan fingerprint density at radius 2 is 1.70 bits per heavy atom. The minimum Gasteiger partial charge on any atom is -0.352 e. The molecule has 6 heteroatoms. The summed E-state index contributed by atoms with van der Waals surface area (Å²) >= 11 is 0. The second kappa shape index (κ2) is 8.98.